The van der Waals surface area contributed by atoms with Gasteiger partial charge < -0.3 is 20.5 Å². The van der Waals surface area contributed by atoms with Crippen LogP contribution in [0, 0.1) is 0 Å². The highest BCUT2D eigenvalue weighted by atomic mass is 127. The Balaban J connectivity index is 0.00000361. The van der Waals surface area contributed by atoms with Gasteiger partial charge in [-0.1, -0.05) is 6.08 Å². The lowest BCUT2D eigenvalue weighted by Crippen LogP contribution is -2.23. The minimum absolute atomic E-state index is 0. The molecule has 1 aromatic carbocycles. The molecule has 1 aromatic rings. The first-order valence-electron chi connectivity index (χ1n) is 6.16. The van der Waals surface area contributed by atoms with Gasteiger partial charge >= 0.3 is 0 Å². The third-order valence-electron chi connectivity index (χ3n) is 2.35. The zero-order valence-corrected chi connectivity index (χ0v) is 14.0. The van der Waals surface area contributed by atoms with Crippen LogP contribution in [-0.2, 0) is 4.74 Å². The van der Waals surface area contributed by atoms with Crippen LogP contribution in [0.15, 0.2) is 41.9 Å². The maximum absolute atomic E-state index is 5.75. The molecule has 0 aromatic heterocycles. The Labute approximate surface area is 137 Å². The predicted octanol–water partition coefficient (Wildman–Crippen LogP) is 2.63. The molecule has 0 amide bonds. The van der Waals surface area contributed by atoms with Gasteiger partial charge in [0.2, 0.25) is 0 Å². The van der Waals surface area contributed by atoms with E-state index in [1.165, 1.54) is 0 Å². The molecular formula is C14H22IN3O2. The largest absolute Gasteiger partial charge is 0.497 e. The number of aliphatic imine (C=N–C) groups is 1. The van der Waals surface area contributed by atoms with Crippen molar-refractivity contribution in [2.24, 2.45) is 10.7 Å². The zero-order chi connectivity index (χ0) is 13.9. The van der Waals surface area contributed by atoms with E-state index in [0.29, 0.717) is 25.7 Å². The van der Waals surface area contributed by atoms with Crippen molar-refractivity contribution in [3.63, 3.8) is 0 Å². The molecule has 0 radical (unpaired) electrons. The standard InChI is InChI=1S/C14H21N3O2.HI/c1-3-4-10-19-11-9-16-14(15)17-12-5-7-13(18-2)8-6-12;/h3,5-8H,1,4,9-11H2,2H3,(H3,15,16,17);1H. The predicted molar refractivity (Wildman–Crippen MR) is 94.2 cm³/mol. The van der Waals surface area contributed by atoms with Crippen molar-refractivity contribution in [1.82, 2.24) is 0 Å². The summed E-state index contributed by atoms with van der Waals surface area (Å²) in [6.45, 7) is 5.38. The van der Waals surface area contributed by atoms with Crippen molar-refractivity contribution in [2.75, 3.05) is 32.2 Å². The molecule has 0 atom stereocenters. The highest BCUT2D eigenvalue weighted by Crippen LogP contribution is 2.14. The molecule has 0 aliphatic heterocycles. The van der Waals surface area contributed by atoms with Crippen LogP contribution in [0.3, 0.4) is 0 Å². The molecule has 0 heterocycles. The van der Waals surface area contributed by atoms with Gasteiger partial charge in [-0.05, 0) is 30.7 Å². The minimum Gasteiger partial charge on any atom is -0.497 e. The molecule has 0 aliphatic carbocycles. The average molecular weight is 391 g/mol. The van der Waals surface area contributed by atoms with Crippen molar-refractivity contribution in [3.05, 3.63) is 36.9 Å². The first-order chi connectivity index (χ1) is 9.26. The fraction of sp³-hybridized carbons (Fsp3) is 0.357. The Morgan fingerprint density at radius 3 is 2.65 bits per heavy atom. The third kappa shape index (κ3) is 8.00. The highest BCUT2D eigenvalue weighted by molar-refractivity contribution is 14.0. The number of hydrogen-bond acceptors (Lipinski definition) is 3. The maximum Gasteiger partial charge on any atom is 0.193 e. The number of ether oxygens (including phenoxy) is 2. The summed E-state index contributed by atoms with van der Waals surface area (Å²) in [4.78, 5) is 4.16. The van der Waals surface area contributed by atoms with E-state index < -0.39 is 0 Å². The summed E-state index contributed by atoms with van der Waals surface area (Å²) in [5.41, 5.74) is 6.62. The lowest BCUT2D eigenvalue weighted by Gasteiger charge is -2.06. The van der Waals surface area contributed by atoms with E-state index in [9.17, 15) is 0 Å². The first kappa shape index (κ1) is 18.7. The molecule has 5 nitrogen and oxygen atoms in total. The normalized spacial score (nSPS) is 10.6. The molecule has 0 aliphatic rings. The molecule has 0 bridgehead atoms. The Bertz CT molecular complexity index is 407. The fourth-order valence-corrected chi connectivity index (χ4v) is 1.36. The van der Waals surface area contributed by atoms with E-state index in [0.717, 1.165) is 17.9 Å². The second-order valence-electron chi connectivity index (χ2n) is 3.81. The number of guanidine groups is 1. The molecule has 6 heteroatoms. The van der Waals surface area contributed by atoms with Gasteiger partial charge in [-0.15, -0.1) is 30.6 Å². The molecule has 0 fully saturated rings. The highest BCUT2D eigenvalue weighted by Gasteiger charge is 1.96. The van der Waals surface area contributed by atoms with E-state index in [4.69, 9.17) is 15.2 Å². The second kappa shape index (κ2) is 11.5. The number of benzene rings is 1. The smallest absolute Gasteiger partial charge is 0.193 e. The molecular weight excluding hydrogens is 369 g/mol. The van der Waals surface area contributed by atoms with Gasteiger partial charge in [-0.2, -0.15) is 0 Å². The number of nitrogens with two attached hydrogens (primary N) is 1. The van der Waals surface area contributed by atoms with E-state index >= 15 is 0 Å². The summed E-state index contributed by atoms with van der Waals surface area (Å²) in [5, 5.41) is 3.00. The van der Waals surface area contributed by atoms with Gasteiger partial charge in [0.15, 0.2) is 5.96 Å². The molecule has 0 unspecified atom stereocenters. The first-order valence-corrected chi connectivity index (χ1v) is 6.16. The second-order valence-corrected chi connectivity index (χ2v) is 3.81. The van der Waals surface area contributed by atoms with Crippen molar-refractivity contribution in [2.45, 2.75) is 6.42 Å². The molecule has 3 N–H and O–H groups in total. The number of nitrogens with one attached hydrogen (secondary N) is 1. The van der Waals surface area contributed by atoms with Gasteiger partial charge in [-0.3, -0.25) is 4.99 Å². The number of halogens is 1. The fourth-order valence-electron chi connectivity index (χ4n) is 1.36. The van der Waals surface area contributed by atoms with E-state index in [1.807, 2.05) is 30.3 Å². The summed E-state index contributed by atoms with van der Waals surface area (Å²) in [7, 11) is 1.63. The molecule has 0 saturated carbocycles. The SMILES string of the molecule is C=CCCOCCN=C(N)Nc1ccc(OC)cc1.I. The Morgan fingerprint density at radius 2 is 2.05 bits per heavy atom. The van der Waals surface area contributed by atoms with E-state index in [2.05, 4.69) is 16.9 Å². The quantitative estimate of drug-likeness (QED) is 0.235. The van der Waals surface area contributed by atoms with Crippen molar-refractivity contribution < 1.29 is 9.47 Å². The Morgan fingerprint density at radius 1 is 1.35 bits per heavy atom. The van der Waals surface area contributed by atoms with Crippen LogP contribution in [0.5, 0.6) is 5.75 Å². The number of anilines is 1. The van der Waals surface area contributed by atoms with Gasteiger partial charge in [0.25, 0.3) is 0 Å². The summed E-state index contributed by atoms with van der Waals surface area (Å²) in [5.74, 6) is 1.18. The topological polar surface area (TPSA) is 68.9 Å². The molecule has 0 spiro atoms. The Kier molecular flexibility index (Phi) is 10.8. The maximum atomic E-state index is 5.75. The van der Waals surface area contributed by atoms with Crippen LogP contribution < -0.4 is 15.8 Å². The summed E-state index contributed by atoms with van der Waals surface area (Å²) < 4.78 is 10.4. The molecule has 0 saturated heterocycles. The third-order valence-corrected chi connectivity index (χ3v) is 2.35. The van der Waals surface area contributed by atoms with Crippen LogP contribution in [0.4, 0.5) is 5.69 Å². The number of methoxy groups -OCH3 is 1. The minimum atomic E-state index is 0. The number of hydrogen-bond donors (Lipinski definition) is 2. The lowest BCUT2D eigenvalue weighted by atomic mass is 10.3. The number of rotatable bonds is 8. The van der Waals surface area contributed by atoms with Crippen LogP contribution in [0.1, 0.15) is 6.42 Å². The zero-order valence-electron chi connectivity index (χ0n) is 11.7. The molecule has 1 rings (SSSR count). The van der Waals surface area contributed by atoms with Crippen molar-refractivity contribution >= 4 is 35.6 Å². The summed E-state index contributed by atoms with van der Waals surface area (Å²) in [6.07, 6.45) is 2.67. The van der Waals surface area contributed by atoms with Gasteiger partial charge in [0.1, 0.15) is 5.75 Å². The van der Waals surface area contributed by atoms with Crippen molar-refractivity contribution in [3.8, 4) is 5.75 Å². The van der Waals surface area contributed by atoms with Crippen LogP contribution in [-0.4, -0.2) is 32.8 Å². The average Bonchev–Trinajstić information content (AvgIpc) is 2.43. The van der Waals surface area contributed by atoms with Crippen LogP contribution >= 0.6 is 24.0 Å². The molecule has 112 valence electrons. The van der Waals surface area contributed by atoms with Gasteiger partial charge in [0.05, 0.1) is 26.9 Å². The molecule has 20 heavy (non-hydrogen) atoms. The summed E-state index contributed by atoms with van der Waals surface area (Å²) >= 11 is 0. The van der Waals surface area contributed by atoms with Crippen molar-refractivity contribution in [1.29, 1.82) is 0 Å². The lowest BCUT2D eigenvalue weighted by molar-refractivity contribution is 0.146. The van der Waals surface area contributed by atoms with Crippen LogP contribution in [0.2, 0.25) is 0 Å². The monoisotopic (exact) mass is 391 g/mol. The summed E-state index contributed by atoms with van der Waals surface area (Å²) in [6, 6.07) is 7.46. The Hall–Kier alpha value is -1.28. The van der Waals surface area contributed by atoms with Gasteiger partial charge in [-0.25, -0.2) is 0 Å². The van der Waals surface area contributed by atoms with E-state index in [1.54, 1.807) is 7.11 Å². The van der Waals surface area contributed by atoms with Gasteiger partial charge in [0, 0.05) is 5.69 Å². The number of nitrogens with zero attached hydrogens (tertiary/aromatic N) is 1. The van der Waals surface area contributed by atoms with Crippen LogP contribution in [0.25, 0.3) is 0 Å². The van der Waals surface area contributed by atoms with E-state index in [-0.39, 0.29) is 24.0 Å².